The SMILES string of the molecule is COc1cc2c(c(-c3cc4cnc(N)cc4cn3)c1F)OCCO2. The number of methoxy groups -OCH3 is 1. The number of hydrogen-bond donors (Lipinski definition) is 1. The van der Waals surface area contributed by atoms with Gasteiger partial charge in [0.05, 0.1) is 18.4 Å². The summed E-state index contributed by atoms with van der Waals surface area (Å²) in [4.78, 5) is 8.41. The van der Waals surface area contributed by atoms with Gasteiger partial charge >= 0.3 is 0 Å². The Morgan fingerprint density at radius 3 is 2.67 bits per heavy atom. The molecule has 1 aromatic carbocycles. The number of pyridine rings is 2. The molecule has 0 atom stereocenters. The van der Waals surface area contributed by atoms with Crippen molar-refractivity contribution in [3.8, 4) is 28.5 Å². The van der Waals surface area contributed by atoms with Crippen molar-refractivity contribution in [3.05, 3.63) is 36.4 Å². The van der Waals surface area contributed by atoms with Gasteiger partial charge in [-0.3, -0.25) is 4.98 Å². The van der Waals surface area contributed by atoms with Crippen LogP contribution in [0.25, 0.3) is 22.0 Å². The van der Waals surface area contributed by atoms with Crippen molar-refractivity contribution >= 4 is 16.6 Å². The molecule has 24 heavy (non-hydrogen) atoms. The van der Waals surface area contributed by atoms with Crippen molar-refractivity contribution in [1.29, 1.82) is 0 Å². The van der Waals surface area contributed by atoms with Crippen molar-refractivity contribution < 1.29 is 18.6 Å². The van der Waals surface area contributed by atoms with Crippen molar-refractivity contribution in [2.24, 2.45) is 0 Å². The quantitative estimate of drug-likeness (QED) is 0.780. The van der Waals surface area contributed by atoms with Gasteiger partial charge in [0.2, 0.25) is 0 Å². The van der Waals surface area contributed by atoms with E-state index in [0.29, 0.717) is 36.2 Å². The highest BCUT2D eigenvalue weighted by molar-refractivity contribution is 5.87. The zero-order chi connectivity index (χ0) is 16.7. The van der Waals surface area contributed by atoms with Crippen LogP contribution < -0.4 is 19.9 Å². The Hall–Kier alpha value is -3.09. The maximum Gasteiger partial charge on any atom is 0.178 e. The second-order valence-corrected chi connectivity index (χ2v) is 5.32. The van der Waals surface area contributed by atoms with E-state index in [-0.39, 0.29) is 11.3 Å². The average Bonchev–Trinajstić information content (AvgIpc) is 2.61. The van der Waals surface area contributed by atoms with E-state index in [1.807, 2.05) is 0 Å². The lowest BCUT2D eigenvalue weighted by atomic mass is 10.1. The fraction of sp³-hybridized carbons (Fsp3) is 0.176. The minimum absolute atomic E-state index is 0.0755. The van der Waals surface area contributed by atoms with Crippen LogP contribution in [0.3, 0.4) is 0 Å². The summed E-state index contributed by atoms with van der Waals surface area (Å²) in [5.41, 5.74) is 6.29. The molecule has 0 bridgehead atoms. The van der Waals surface area contributed by atoms with Gasteiger partial charge in [-0.2, -0.15) is 0 Å². The van der Waals surface area contributed by atoms with Crippen LogP contribution in [0.5, 0.6) is 17.2 Å². The molecule has 0 saturated heterocycles. The van der Waals surface area contributed by atoms with Gasteiger partial charge in [-0.15, -0.1) is 0 Å². The number of fused-ring (bicyclic) bond motifs is 2. The first kappa shape index (κ1) is 14.5. The topological polar surface area (TPSA) is 79.5 Å². The molecule has 2 aromatic heterocycles. The Bertz CT molecular complexity index is 946. The highest BCUT2D eigenvalue weighted by Crippen LogP contribution is 2.45. The van der Waals surface area contributed by atoms with Crippen LogP contribution in [-0.4, -0.2) is 30.3 Å². The summed E-state index contributed by atoms with van der Waals surface area (Å²) in [6.07, 6.45) is 3.25. The van der Waals surface area contributed by atoms with E-state index >= 15 is 0 Å². The van der Waals surface area contributed by atoms with E-state index in [2.05, 4.69) is 9.97 Å². The van der Waals surface area contributed by atoms with Crippen molar-refractivity contribution in [3.63, 3.8) is 0 Å². The number of aromatic nitrogens is 2. The summed E-state index contributed by atoms with van der Waals surface area (Å²) in [7, 11) is 1.40. The highest BCUT2D eigenvalue weighted by atomic mass is 19.1. The van der Waals surface area contributed by atoms with Crippen molar-refractivity contribution in [2.45, 2.75) is 0 Å². The summed E-state index contributed by atoms with van der Waals surface area (Å²) in [5.74, 6) is 0.698. The highest BCUT2D eigenvalue weighted by Gasteiger charge is 2.26. The van der Waals surface area contributed by atoms with Gasteiger partial charge in [-0.25, -0.2) is 9.37 Å². The lowest BCUT2D eigenvalue weighted by Crippen LogP contribution is -2.17. The molecule has 0 fully saturated rings. The van der Waals surface area contributed by atoms with Crippen LogP contribution in [0, 0.1) is 5.82 Å². The third kappa shape index (κ3) is 2.25. The summed E-state index contributed by atoms with van der Waals surface area (Å²) < 4.78 is 31.2. The Morgan fingerprint density at radius 2 is 1.83 bits per heavy atom. The first-order valence-electron chi connectivity index (χ1n) is 7.35. The Morgan fingerprint density at radius 1 is 1.08 bits per heavy atom. The van der Waals surface area contributed by atoms with Gasteiger partial charge in [-0.05, 0) is 12.1 Å². The molecule has 2 N–H and O–H groups in total. The molecule has 1 aliphatic heterocycles. The maximum atomic E-state index is 14.9. The molecule has 0 radical (unpaired) electrons. The van der Waals surface area contributed by atoms with E-state index in [1.54, 1.807) is 24.5 Å². The molecular formula is C17H14FN3O3. The Kier molecular flexibility index (Phi) is 3.34. The number of ether oxygens (including phenoxy) is 3. The summed E-state index contributed by atoms with van der Waals surface area (Å²) in [6.45, 7) is 0.743. The van der Waals surface area contributed by atoms with E-state index in [1.165, 1.54) is 13.2 Å². The van der Waals surface area contributed by atoms with E-state index in [4.69, 9.17) is 19.9 Å². The van der Waals surface area contributed by atoms with E-state index in [0.717, 1.165) is 10.8 Å². The molecule has 0 aliphatic carbocycles. The van der Waals surface area contributed by atoms with Crippen LogP contribution in [0.4, 0.5) is 10.2 Å². The monoisotopic (exact) mass is 327 g/mol. The smallest absolute Gasteiger partial charge is 0.178 e. The molecular weight excluding hydrogens is 313 g/mol. The Balaban J connectivity index is 1.96. The molecule has 0 saturated carbocycles. The molecule has 1 aliphatic rings. The van der Waals surface area contributed by atoms with Gasteiger partial charge in [0.15, 0.2) is 23.1 Å². The molecule has 0 spiro atoms. The van der Waals surface area contributed by atoms with Crippen LogP contribution in [-0.2, 0) is 0 Å². The van der Waals surface area contributed by atoms with Gasteiger partial charge in [0.1, 0.15) is 19.0 Å². The van der Waals surface area contributed by atoms with Crippen molar-refractivity contribution in [1.82, 2.24) is 9.97 Å². The summed E-state index contributed by atoms with van der Waals surface area (Å²) >= 11 is 0. The number of halogens is 1. The average molecular weight is 327 g/mol. The molecule has 3 heterocycles. The van der Waals surface area contributed by atoms with Gasteiger partial charge in [-0.1, -0.05) is 0 Å². The van der Waals surface area contributed by atoms with E-state index < -0.39 is 5.82 Å². The number of nitrogens with zero attached hydrogens (tertiary/aromatic N) is 2. The fourth-order valence-electron chi connectivity index (χ4n) is 2.71. The third-order valence-electron chi connectivity index (χ3n) is 3.84. The second kappa shape index (κ2) is 5.52. The van der Waals surface area contributed by atoms with Gasteiger partial charge in [0.25, 0.3) is 0 Å². The number of hydrogen-bond acceptors (Lipinski definition) is 6. The van der Waals surface area contributed by atoms with Crippen LogP contribution in [0.1, 0.15) is 0 Å². The molecule has 122 valence electrons. The largest absolute Gasteiger partial charge is 0.494 e. The first-order chi connectivity index (χ1) is 11.7. The third-order valence-corrected chi connectivity index (χ3v) is 3.84. The molecule has 7 heteroatoms. The van der Waals surface area contributed by atoms with Crippen LogP contribution >= 0.6 is 0 Å². The molecule has 0 unspecified atom stereocenters. The van der Waals surface area contributed by atoms with Crippen molar-refractivity contribution in [2.75, 3.05) is 26.1 Å². The van der Waals surface area contributed by atoms with Crippen LogP contribution in [0.2, 0.25) is 0 Å². The second-order valence-electron chi connectivity index (χ2n) is 5.32. The fourth-order valence-corrected chi connectivity index (χ4v) is 2.71. The van der Waals surface area contributed by atoms with Gasteiger partial charge in [0, 0.05) is 29.2 Å². The minimum atomic E-state index is -0.544. The predicted octanol–water partition coefficient (Wildman–Crippen LogP) is 2.80. The number of benzene rings is 1. The first-order valence-corrected chi connectivity index (χ1v) is 7.35. The molecule has 0 amide bonds. The summed E-state index contributed by atoms with van der Waals surface area (Å²) in [5, 5.41) is 1.61. The van der Waals surface area contributed by atoms with Crippen LogP contribution in [0.15, 0.2) is 30.6 Å². The number of nitrogens with two attached hydrogens (primary N) is 1. The molecule has 4 rings (SSSR count). The molecule has 6 nitrogen and oxygen atoms in total. The van der Waals surface area contributed by atoms with E-state index in [9.17, 15) is 4.39 Å². The zero-order valence-corrected chi connectivity index (χ0v) is 12.9. The number of rotatable bonds is 2. The molecule has 3 aromatic rings. The standard InChI is InChI=1S/C17H14FN3O3/c1-22-12-6-13-17(24-3-2-23-13)15(16(12)18)11-4-9-8-21-14(19)5-10(9)7-20-11/h4-8H,2-3H2,1H3,(H2,19,21). The Labute approximate surface area is 137 Å². The lowest BCUT2D eigenvalue weighted by molar-refractivity contribution is 0.170. The van der Waals surface area contributed by atoms with Gasteiger partial charge < -0.3 is 19.9 Å². The number of anilines is 1. The minimum Gasteiger partial charge on any atom is -0.494 e. The maximum absolute atomic E-state index is 14.9. The lowest BCUT2D eigenvalue weighted by Gasteiger charge is -2.22. The normalized spacial score (nSPS) is 13.1. The summed E-state index contributed by atoms with van der Waals surface area (Å²) in [6, 6.07) is 4.93. The zero-order valence-electron chi connectivity index (χ0n) is 12.9. The predicted molar refractivity (Wildman–Crippen MR) is 86.9 cm³/mol. The number of nitrogen functional groups attached to an aromatic ring is 1.